The summed E-state index contributed by atoms with van der Waals surface area (Å²) in [4.78, 5) is 2.20. The third kappa shape index (κ3) is 2.79. The van der Waals surface area contributed by atoms with Crippen LogP contribution in [-0.2, 0) is 0 Å². The molecule has 0 atom stereocenters. The molecule has 1 spiro atoms. The van der Waals surface area contributed by atoms with Crippen molar-refractivity contribution in [1.29, 1.82) is 0 Å². The van der Waals surface area contributed by atoms with Gasteiger partial charge in [0.15, 0.2) is 0 Å². The summed E-state index contributed by atoms with van der Waals surface area (Å²) in [6.07, 6.45) is 11.5. The van der Waals surface area contributed by atoms with Crippen LogP contribution in [0.3, 0.4) is 0 Å². The molecule has 0 aromatic heterocycles. The first-order chi connectivity index (χ1) is 9.69. The van der Waals surface area contributed by atoms with Crippen LogP contribution in [0.5, 0.6) is 0 Å². The van der Waals surface area contributed by atoms with E-state index in [1.54, 1.807) is 0 Å². The van der Waals surface area contributed by atoms with Crippen molar-refractivity contribution in [3.05, 3.63) is 24.3 Å². The third-order valence-corrected chi connectivity index (χ3v) is 5.46. The van der Waals surface area contributed by atoms with Gasteiger partial charge in [-0.2, -0.15) is 0 Å². The summed E-state index contributed by atoms with van der Waals surface area (Å²) in [5.41, 5.74) is 3.33. The van der Waals surface area contributed by atoms with E-state index in [1.165, 1.54) is 62.7 Å². The lowest BCUT2D eigenvalue weighted by Crippen LogP contribution is -2.32. The smallest absolute Gasteiger partial charge is 0.0596 e. The molecule has 1 aromatic carbocycles. The summed E-state index contributed by atoms with van der Waals surface area (Å²) < 4.78 is 0. The summed E-state index contributed by atoms with van der Waals surface area (Å²) in [6.45, 7) is 0. The van der Waals surface area contributed by atoms with Crippen LogP contribution in [0.25, 0.3) is 0 Å². The number of hydrogen-bond donors (Lipinski definition) is 1. The Morgan fingerprint density at radius 2 is 1.65 bits per heavy atom. The van der Waals surface area contributed by atoms with E-state index < -0.39 is 0 Å². The van der Waals surface area contributed by atoms with Crippen LogP contribution < -0.4 is 10.2 Å². The molecule has 0 saturated heterocycles. The Morgan fingerprint density at radius 3 is 2.30 bits per heavy atom. The van der Waals surface area contributed by atoms with Gasteiger partial charge >= 0.3 is 0 Å². The maximum atomic E-state index is 3.80. The normalized spacial score (nSPS) is 22.1. The summed E-state index contributed by atoms with van der Waals surface area (Å²) in [7, 11) is 4.24. The first-order valence-corrected chi connectivity index (χ1v) is 8.21. The first-order valence-electron chi connectivity index (χ1n) is 8.21. The quantitative estimate of drug-likeness (QED) is 0.860. The minimum atomic E-state index is 0.669. The minimum Gasteiger partial charge on any atom is -0.381 e. The molecule has 0 bridgehead atoms. The fourth-order valence-electron chi connectivity index (χ4n) is 4.21. The molecule has 0 aliphatic heterocycles. The second kappa shape index (κ2) is 5.67. The highest BCUT2D eigenvalue weighted by Gasteiger charge is 2.37. The Bertz CT molecular complexity index is 436. The Morgan fingerprint density at radius 1 is 1.00 bits per heavy atom. The van der Waals surface area contributed by atoms with Crippen molar-refractivity contribution in [3.63, 3.8) is 0 Å². The molecule has 0 unspecified atom stereocenters. The lowest BCUT2D eigenvalue weighted by atomic mass is 9.71. The van der Waals surface area contributed by atoms with E-state index in [2.05, 4.69) is 48.6 Å². The van der Waals surface area contributed by atoms with E-state index in [-0.39, 0.29) is 0 Å². The maximum Gasteiger partial charge on any atom is 0.0596 e. The van der Waals surface area contributed by atoms with Gasteiger partial charge in [-0.25, -0.2) is 0 Å². The summed E-state index contributed by atoms with van der Waals surface area (Å²) in [6, 6.07) is 9.34. The summed E-state index contributed by atoms with van der Waals surface area (Å²) in [5.74, 6) is 0. The zero-order chi connectivity index (χ0) is 14.0. The van der Waals surface area contributed by atoms with E-state index in [9.17, 15) is 0 Å². The highest BCUT2D eigenvalue weighted by molar-refractivity contribution is 5.69. The maximum absolute atomic E-state index is 3.80. The van der Waals surface area contributed by atoms with Crippen molar-refractivity contribution in [2.45, 2.75) is 57.4 Å². The monoisotopic (exact) mass is 272 g/mol. The number of hydrogen-bond acceptors (Lipinski definition) is 2. The molecule has 1 N–H and O–H groups in total. The van der Waals surface area contributed by atoms with Gasteiger partial charge in [-0.1, -0.05) is 25.0 Å². The Hall–Kier alpha value is -1.18. The van der Waals surface area contributed by atoms with Crippen molar-refractivity contribution in [3.8, 4) is 0 Å². The molecule has 2 fully saturated rings. The average molecular weight is 272 g/mol. The SMILES string of the molecule is CN(C)c1ccccc1NC1CCC2(CCCC2)CC1. The van der Waals surface area contributed by atoms with Crippen LogP contribution in [0.1, 0.15) is 51.4 Å². The molecule has 2 aliphatic carbocycles. The second-order valence-corrected chi connectivity index (χ2v) is 7.04. The van der Waals surface area contributed by atoms with Gasteiger partial charge in [-0.3, -0.25) is 0 Å². The molecular weight excluding hydrogens is 244 g/mol. The molecular formula is C18H28N2. The van der Waals surface area contributed by atoms with E-state index in [0.717, 1.165) is 5.41 Å². The predicted octanol–water partition coefficient (Wildman–Crippen LogP) is 4.67. The van der Waals surface area contributed by atoms with Crippen LogP contribution >= 0.6 is 0 Å². The van der Waals surface area contributed by atoms with Crippen molar-refractivity contribution >= 4 is 11.4 Å². The van der Waals surface area contributed by atoms with Gasteiger partial charge in [0, 0.05) is 20.1 Å². The van der Waals surface area contributed by atoms with Gasteiger partial charge in [0.05, 0.1) is 11.4 Å². The van der Waals surface area contributed by atoms with Crippen molar-refractivity contribution in [2.24, 2.45) is 5.41 Å². The zero-order valence-corrected chi connectivity index (χ0v) is 13.0. The van der Waals surface area contributed by atoms with Crippen LogP contribution in [0.2, 0.25) is 0 Å². The molecule has 0 radical (unpaired) electrons. The highest BCUT2D eigenvalue weighted by atomic mass is 15.1. The lowest BCUT2D eigenvalue weighted by Gasteiger charge is -2.38. The van der Waals surface area contributed by atoms with Crippen LogP contribution in [0.4, 0.5) is 11.4 Å². The molecule has 2 heteroatoms. The highest BCUT2D eigenvalue weighted by Crippen LogP contribution is 2.49. The van der Waals surface area contributed by atoms with E-state index >= 15 is 0 Å². The van der Waals surface area contributed by atoms with Crippen LogP contribution in [0, 0.1) is 5.41 Å². The van der Waals surface area contributed by atoms with Crippen LogP contribution in [0.15, 0.2) is 24.3 Å². The van der Waals surface area contributed by atoms with E-state index in [1.807, 2.05) is 0 Å². The molecule has 0 heterocycles. The number of nitrogens with zero attached hydrogens (tertiary/aromatic N) is 1. The fraction of sp³-hybridized carbons (Fsp3) is 0.667. The topological polar surface area (TPSA) is 15.3 Å². The van der Waals surface area contributed by atoms with Gasteiger partial charge in [-0.05, 0) is 56.1 Å². The number of rotatable bonds is 3. The molecule has 0 amide bonds. The number of anilines is 2. The Kier molecular flexibility index (Phi) is 3.91. The fourth-order valence-corrected chi connectivity index (χ4v) is 4.21. The second-order valence-electron chi connectivity index (χ2n) is 7.04. The Labute approximate surface area is 123 Å². The van der Waals surface area contributed by atoms with Gasteiger partial charge in [0.2, 0.25) is 0 Å². The van der Waals surface area contributed by atoms with Crippen LogP contribution in [-0.4, -0.2) is 20.1 Å². The average Bonchev–Trinajstić information content (AvgIpc) is 2.90. The number of benzene rings is 1. The minimum absolute atomic E-state index is 0.669. The lowest BCUT2D eigenvalue weighted by molar-refractivity contribution is 0.188. The van der Waals surface area contributed by atoms with Gasteiger partial charge in [-0.15, -0.1) is 0 Å². The molecule has 1 aromatic rings. The summed E-state index contributed by atoms with van der Waals surface area (Å²) in [5, 5.41) is 3.80. The third-order valence-electron chi connectivity index (χ3n) is 5.46. The first kappa shape index (κ1) is 13.8. The zero-order valence-electron chi connectivity index (χ0n) is 13.0. The van der Waals surface area contributed by atoms with Gasteiger partial charge < -0.3 is 10.2 Å². The largest absolute Gasteiger partial charge is 0.381 e. The van der Waals surface area contributed by atoms with Crippen molar-refractivity contribution in [2.75, 3.05) is 24.3 Å². The summed E-state index contributed by atoms with van der Waals surface area (Å²) >= 11 is 0. The van der Waals surface area contributed by atoms with Crippen molar-refractivity contribution in [1.82, 2.24) is 0 Å². The number of nitrogens with one attached hydrogen (secondary N) is 1. The molecule has 2 aliphatic rings. The van der Waals surface area contributed by atoms with Crippen molar-refractivity contribution < 1.29 is 0 Å². The predicted molar refractivity (Wildman–Crippen MR) is 87.5 cm³/mol. The molecule has 2 nitrogen and oxygen atoms in total. The van der Waals surface area contributed by atoms with E-state index in [4.69, 9.17) is 0 Å². The van der Waals surface area contributed by atoms with Gasteiger partial charge in [0.25, 0.3) is 0 Å². The van der Waals surface area contributed by atoms with E-state index in [0.29, 0.717) is 6.04 Å². The van der Waals surface area contributed by atoms with Gasteiger partial charge in [0.1, 0.15) is 0 Å². The Balaban J connectivity index is 1.62. The standard InChI is InChI=1S/C18H28N2/c1-20(2)17-8-4-3-7-16(17)19-15-9-13-18(14-10-15)11-5-6-12-18/h3-4,7-8,15,19H,5-6,9-14H2,1-2H3. The molecule has 3 rings (SSSR count). The molecule has 2 saturated carbocycles. The molecule has 20 heavy (non-hydrogen) atoms. The molecule has 110 valence electrons. The number of para-hydroxylation sites is 2.